The molecule has 0 fully saturated rings. The van der Waals surface area contributed by atoms with Crippen molar-refractivity contribution >= 4 is 21.4 Å². The zero-order valence-corrected chi connectivity index (χ0v) is 15.8. The molecular weight excluding hydrogens is 352 g/mol. The average Bonchev–Trinajstić information content (AvgIpc) is 3.04. The Bertz CT molecular complexity index is 961. The predicted molar refractivity (Wildman–Crippen MR) is 104 cm³/mol. The van der Waals surface area contributed by atoms with Crippen molar-refractivity contribution in [2.75, 3.05) is 12.8 Å². The van der Waals surface area contributed by atoms with Crippen molar-refractivity contribution in [3.05, 3.63) is 65.0 Å². The van der Waals surface area contributed by atoms with Gasteiger partial charge >= 0.3 is 0 Å². The molecule has 3 rings (SSSR count). The molecule has 6 heteroatoms. The smallest absolute Gasteiger partial charge is 0.208 e. The van der Waals surface area contributed by atoms with E-state index in [1.54, 1.807) is 11.3 Å². The van der Waals surface area contributed by atoms with Gasteiger partial charge in [0.2, 0.25) is 10.0 Å². The van der Waals surface area contributed by atoms with Crippen LogP contribution < -0.4 is 4.72 Å². The molecule has 0 spiro atoms. The minimum atomic E-state index is -3.13. The van der Waals surface area contributed by atoms with Crippen LogP contribution in [0.4, 0.5) is 0 Å². The van der Waals surface area contributed by atoms with E-state index in [4.69, 9.17) is 4.98 Å². The second kappa shape index (κ2) is 7.47. The second-order valence-electron chi connectivity index (χ2n) is 6.02. The lowest BCUT2D eigenvalue weighted by atomic mass is 10.1. The largest absolute Gasteiger partial charge is 0.236 e. The summed E-state index contributed by atoms with van der Waals surface area (Å²) >= 11 is 1.64. The lowest BCUT2D eigenvalue weighted by Gasteiger charge is -2.04. The van der Waals surface area contributed by atoms with E-state index in [9.17, 15) is 8.42 Å². The van der Waals surface area contributed by atoms with Gasteiger partial charge in [-0.1, -0.05) is 48.0 Å². The Morgan fingerprint density at radius 1 is 1.08 bits per heavy atom. The molecule has 1 heterocycles. The SMILES string of the molecule is Cc1cccc(-c2nc(-c3ccc(CCNS(C)(=O)=O)cc3)cs2)c1. The molecule has 0 amide bonds. The summed E-state index contributed by atoms with van der Waals surface area (Å²) in [4.78, 5) is 4.74. The number of nitrogens with one attached hydrogen (secondary N) is 1. The van der Waals surface area contributed by atoms with Gasteiger partial charge in [-0.05, 0) is 25.0 Å². The van der Waals surface area contributed by atoms with Crippen LogP contribution in [-0.2, 0) is 16.4 Å². The van der Waals surface area contributed by atoms with Gasteiger partial charge in [0.25, 0.3) is 0 Å². The number of hydrogen-bond donors (Lipinski definition) is 1. The van der Waals surface area contributed by atoms with E-state index >= 15 is 0 Å². The van der Waals surface area contributed by atoms with E-state index in [2.05, 4.69) is 35.2 Å². The topological polar surface area (TPSA) is 59.1 Å². The molecule has 1 aromatic heterocycles. The van der Waals surface area contributed by atoms with Crippen LogP contribution in [0.1, 0.15) is 11.1 Å². The molecule has 130 valence electrons. The maximum atomic E-state index is 11.1. The van der Waals surface area contributed by atoms with Crippen molar-refractivity contribution in [3.63, 3.8) is 0 Å². The minimum Gasteiger partial charge on any atom is -0.236 e. The monoisotopic (exact) mass is 372 g/mol. The molecule has 0 saturated heterocycles. The molecule has 0 radical (unpaired) electrons. The summed E-state index contributed by atoms with van der Waals surface area (Å²) in [6, 6.07) is 16.4. The molecular formula is C19H20N2O2S2. The van der Waals surface area contributed by atoms with E-state index in [1.165, 1.54) is 11.8 Å². The summed E-state index contributed by atoms with van der Waals surface area (Å²) in [6.45, 7) is 2.49. The van der Waals surface area contributed by atoms with Gasteiger partial charge in [-0.2, -0.15) is 0 Å². The Morgan fingerprint density at radius 3 is 2.52 bits per heavy atom. The van der Waals surface area contributed by atoms with E-state index in [0.717, 1.165) is 27.4 Å². The molecule has 25 heavy (non-hydrogen) atoms. The Balaban J connectivity index is 1.71. The minimum absolute atomic E-state index is 0.409. The Hall–Kier alpha value is -2.02. The lowest BCUT2D eigenvalue weighted by Crippen LogP contribution is -2.24. The highest BCUT2D eigenvalue weighted by molar-refractivity contribution is 7.88. The van der Waals surface area contributed by atoms with Crippen LogP contribution >= 0.6 is 11.3 Å². The zero-order valence-electron chi connectivity index (χ0n) is 14.2. The van der Waals surface area contributed by atoms with Gasteiger partial charge in [-0.3, -0.25) is 0 Å². The molecule has 4 nitrogen and oxygen atoms in total. The number of nitrogens with zero attached hydrogens (tertiary/aromatic N) is 1. The van der Waals surface area contributed by atoms with Crippen LogP contribution in [-0.4, -0.2) is 26.2 Å². The third-order valence-corrected chi connectivity index (χ3v) is 5.42. The van der Waals surface area contributed by atoms with Crippen LogP contribution in [0, 0.1) is 6.92 Å². The molecule has 1 N–H and O–H groups in total. The average molecular weight is 373 g/mol. The normalized spacial score (nSPS) is 11.6. The highest BCUT2D eigenvalue weighted by Gasteiger charge is 2.07. The van der Waals surface area contributed by atoms with Crippen molar-refractivity contribution in [3.8, 4) is 21.8 Å². The number of aryl methyl sites for hydroxylation is 1. The number of hydrogen-bond acceptors (Lipinski definition) is 4. The highest BCUT2D eigenvalue weighted by Crippen LogP contribution is 2.29. The van der Waals surface area contributed by atoms with Gasteiger partial charge in [0, 0.05) is 23.1 Å². The van der Waals surface area contributed by atoms with E-state index in [1.807, 2.05) is 30.3 Å². The van der Waals surface area contributed by atoms with Crippen molar-refractivity contribution in [1.29, 1.82) is 0 Å². The van der Waals surface area contributed by atoms with E-state index in [-0.39, 0.29) is 0 Å². The highest BCUT2D eigenvalue weighted by atomic mass is 32.2. The van der Waals surface area contributed by atoms with Gasteiger partial charge in [0.15, 0.2) is 0 Å². The van der Waals surface area contributed by atoms with Crippen LogP contribution in [0.15, 0.2) is 53.9 Å². The molecule has 0 atom stereocenters. The number of sulfonamides is 1. The van der Waals surface area contributed by atoms with Crippen molar-refractivity contribution in [2.24, 2.45) is 0 Å². The third kappa shape index (κ3) is 4.98. The quantitative estimate of drug-likeness (QED) is 0.714. The summed E-state index contributed by atoms with van der Waals surface area (Å²) in [7, 11) is -3.13. The fourth-order valence-electron chi connectivity index (χ4n) is 2.54. The molecule has 0 saturated carbocycles. The Kier molecular flexibility index (Phi) is 5.32. The fourth-order valence-corrected chi connectivity index (χ4v) is 3.84. The number of rotatable bonds is 6. The predicted octanol–water partition coefficient (Wildman–Crippen LogP) is 3.88. The zero-order chi connectivity index (χ0) is 17.9. The third-order valence-electron chi connectivity index (χ3n) is 3.80. The molecule has 2 aromatic carbocycles. The van der Waals surface area contributed by atoms with Crippen LogP contribution in [0.2, 0.25) is 0 Å². The Labute approximate surface area is 152 Å². The van der Waals surface area contributed by atoms with Crippen LogP contribution in [0.3, 0.4) is 0 Å². The summed E-state index contributed by atoms with van der Waals surface area (Å²) in [5.74, 6) is 0. The molecule has 0 aliphatic rings. The van der Waals surface area contributed by atoms with Gasteiger partial charge in [-0.15, -0.1) is 11.3 Å². The number of benzene rings is 2. The first-order valence-corrected chi connectivity index (χ1v) is 10.7. The van der Waals surface area contributed by atoms with E-state index in [0.29, 0.717) is 13.0 Å². The first-order valence-electron chi connectivity index (χ1n) is 7.97. The second-order valence-corrected chi connectivity index (χ2v) is 8.71. The van der Waals surface area contributed by atoms with Crippen LogP contribution in [0.5, 0.6) is 0 Å². The summed E-state index contributed by atoms with van der Waals surface area (Å²) in [5, 5.41) is 3.08. The fraction of sp³-hybridized carbons (Fsp3) is 0.211. The van der Waals surface area contributed by atoms with Gasteiger partial charge < -0.3 is 0 Å². The van der Waals surface area contributed by atoms with Crippen molar-refractivity contribution < 1.29 is 8.42 Å². The molecule has 0 aliphatic carbocycles. The standard InChI is InChI=1S/C19H20N2O2S2/c1-14-4-3-5-17(12-14)19-21-18(13-24-19)16-8-6-15(7-9-16)10-11-20-25(2,22)23/h3-9,12-13,20H,10-11H2,1-2H3. The van der Waals surface area contributed by atoms with Gasteiger partial charge in [-0.25, -0.2) is 18.1 Å². The molecule has 0 bridgehead atoms. The van der Waals surface area contributed by atoms with Crippen LogP contribution in [0.25, 0.3) is 21.8 Å². The summed E-state index contributed by atoms with van der Waals surface area (Å²) in [5.41, 5.74) is 5.48. The first kappa shape index (κ1) is 17.8. The Morgan fingerprint density at radius 2 is 1.84 bits per heavy atom. The first-order chi connectivity index (χ1) is 11.9. The van der Waals surface area contributed by atoms with Crippen molar-refractivity contribution in [1.82, 2.24) is 9.71 Å². The number of aromatic nitrogens is 1. The van der Waals surface area contributed by atoms with Gasteiger partial charge in [0.1, 0.15) is 5.01 Å². The molecule has 3 aromatic rings. The van der Waals surface area contributed by atoms with Gasteiger partial charge in [0.05, 0.1) is 11.9 Å². The summed E-state index contributed by atoms with van der Waals surface area (Å²) < 4.78 is 24.7. The maximum Gasteiger partial charge on any atom is 0.208 e. The number of thiazole rings is 1. The van der Waals surface area contributed by atoms with E-state index < -0.39 is 10.0 Å². The maximum absolute atomic E-state index is 11.1. The lowest BCUT2D eigenvalue weighted by molar-refractivity contribution is 0.588. The van der Waals surface area contributed by atoms with Crippen molar-refractivity contribution in [2.45, 2.75) is 13.3 Å². The summed E-state index contributed by atoms with van der Waals surface area (Å²) in [6.07, 6.45) is 1.84. The molecule has 0 aliphatic heterocycles. The molecule has 0 unspecified atom stereocenters.